The lowest BCUT2D eigenvalue weighted by Gasteiger charge is -2.34. The van der Waals surface area contributed by atoms with Crippen molar-refractivity contribution in [2.24, 2.45) is 5.92 Å². The van der Waals surface area contributed by atoms with Crippen LogP contribution in [0.15, 0.2) is 0 Å². The van der Waals surface area contributed by atoms with E-state index in [-0.39, 0.29) is 0 Å². The largest absolute Gasteiger partial charge is 0.481 e. The molecule has 3 heteroatoms. The van der Waals surface area contributed by atoms with Crippen LogP contribution in [0.2, 0.25) is 0 Å². The third kappa shape index (κ3) is 4.52. The Morgan fingerprint density at radius 3 is 2.44 bits per heavy atom. The summed E-state index contributed by atoms with van der Waals surface area (Å²) in [6, 6.07) is 0.691. The average Bonchev–Trinajstić information content (AvgIpc) is 2.28. The molecule has 1 N–H and O–H groups in total. The smallest absolute Gasteiger partial charge is 0.303 e. The fourth-order valence-corrected chi connectivity index (χ4v) is 2.66. The number of nitrogens with zero attached hydrogens (tertiary/aromatic N) is 1. The third-order valence-corrected chi connectivity index (χ3v) is 3.92. The van der Waals surface area contributed by atoms with E-state index in [4.69, 9.17) is 5.11 Å². The van der Waals surface area contributed by atoms with E-state index in [2.05, 4.69) is 18.9 Å². The average molecular weight is 227 g/mol. The van der Waals surface area contributed by atoms with Gasteiger partial charge in [0.05, 0.1) is 0 Å². The molecule has 1 saturated carbocycles. The van der Waals surface area contributed by atoms with Crippen molar-refractivity contribution < 1.29 is 9.90 Å². The molecule has 1 rings (SSSR count). The van der Waals surface area contributed by atoms with Gasteiger partial charge >= 0.3 is 5.97 Å². The minimum Gasteiger partial charge on any atom is -0.481 e. The molecule has 0 spiro atoms. The maximum Gasteiger partial charge on any atom is 0.303 e. The molecular weight excluding hydrogens is 202 g/mol. The molecule has 1 aliphatic carbocycles. The zero-order chi connectivity index (χ0) is 12.0. The molecule has 16 heavy (non-hydrogen) atoms. The fraction of sp³-hybridized carbons (Fsp3) is 0.923. The van der Waals surface area contributed by atoms with Gasteiger partial charge in [0.15, 0.2) is 0 Å². The van der Waals surface area contributed by atoms with Crippen LogP contribution in [0.25, 0.3) is 0 Å². The molecule has 0 saturated heterocycles. The summed E-state index contributed by atoms with van der Waals surface area (Å²) < 4.78 is 0. The molecule has 0 bridgehead atoms. The van der Waals surface area contributed by atoms with Gasteiger partial charge in [0.25, 0.3) is 0 Å². The van der Waals surface area contributed by atoms with Crippen molar-refractivity contribution >= 4 is 5.97 Å². The number of hydrogen-bond acceptors (Lipinski definition) is 2. The number of hydrogen-bond donors (Lipinski definition) is 1. The third-order valence-electron chi connectivity index (χ3n) is 3.92. The van der Waals surface area contributed by atoms with Crippen LogP contribution in [0.3, 0.4) is 0 Å². The highest BCUT2D eigenvalue weighted by atomic mass is 16.4. The molecule has 1 fully saturated rings. The molecule has 0 radical (unpaired) electrons. The summed E-state index contributed by atoms with van der Waals surface area (Å²) in [6.45, 7) is 3.20. The van der Waals surface area contributed by atoms with Crippen LogP contribution in [0.1, 0.15) is 51.9 Å². The van der Waals surface area contributed by atoms with E-state index in [1.807, 2.05) is 0 Å². The minimum atomic E-state index is -0.678. The van der Waals surface area contributed by atoms with Gasteiger partial charge in [-0.05, 0) is 51.6 Å². The second-order valence-electron chi connectivity index (χ2n) is 5.06. The topological polar surface area (TPSA) is 40.5 Å². The zero-order valence-corrected chi connectivity index (χ0v) is 10.6. The van der Waals surface area contributed by atoms with Crippen LogP contribution in [0, 0.1) is 5.92 Å². The maximum absolute atomic E-state index is 10.4. The Balaban J connectivity index is 2.17. The Bertz CT molecular complexity index is 210. The Hall–Kier alpha value is -0.570. The van der Waals surface area contributed by atoms with E-state index in [9.17, 15) is 4.79 Å². The first-order valence-corrected chi connectivity index (χ1v) is 6.55. The van der Waals surface area contributed by atoms with Crippen molar-refractivity contribution in [2.45, 2.75) is 57.9 Å². The minimum absolute atomic E-state index is 0.300. The molecule has 0 aromatic carbocycles. The van der Waals surface area contributed by atoms with Crippen LogP contribution >= 0.6 is 0 Å². The number of carboxylic acid groups (broad SMARTS) is 1. The Morgan fingerprint density at radius 2 is 1.94 bits per heavy atom. The highest BCUT2D eigenvalue weighted by Gasteiger charge is 2.22. The standard InChI is InChI=1S/C13H25NO2/c1-3-11-6-8-12(9-7-11)14(2)10-4-5-13(15)16/h11-12H,3-10H2,1-2H3,(H,15,16). The SMILES string of the molecule is CCC1CCC(N(C)CCCC(=O)O)CC1. The molecule has 0 aromatic heterocycles. The van der Waals surface area contributed by atoms with E-state index >= 15 is 0 Å². The van der Waals surface area contributed by atoms with Crippen LogP contribution in [-0.2, 0) is 4.79 Å². The second kappa shape index (κ2) is 6.89. The number of carbonyl (C=O) groups is 1. The highest BCUT2D eigenvalue weighted by molar-refractivity contribution is 5.66. The number of rotatable bonds is 6. The Labute approximate surface area is 98.8 Å². The van der Waals surface area contributed by atoms with Gasteiger partial charge in [-0.3, -0.25) is 4.79 Å². The lowest BCUT2D eigenvalue weighted by Crippen LogP contribution is -2.35. The first-order valence-electron chi connectivity index (χ1n) is 6.55. The van der Waals surface area contributed by atoms with Gasteiger partial charge in [-0.2, -0.15) is 0 Å². The van der Waals surface area contributed by atoms with Crippen molar-refractivity contribution in [1.29, 1.82) is 0 Å². The van der Waals surface area contributed by atoms with Crippen LogP contribution < -0.4 is 0 Å². The molecule has 1 aliphatic rings. The van der Waals surface area contributed by atoms with Crippen LogP contribution in [0.4, 0.5) is 0 Å². The molecule has 0 amide bonds. The summed E-state index contributed by atoms with van der Waals surface area (Å²) in [6.07, 6.45) is 7.68. The second-order valence-corrected chi connectivity index (χ2v) is 5.06. The number of carboxylic acids is 1. The molecule has 0 heterocycles. The monoisotopic (exact) mass is 227 g/mol. The van der Waals surface area contributed by atoms with Gasteiger partial charge in [0.2, 0.25) is 0 Å². The van der Waals surface area contributed by atoms with Crippen molar-refractivity contribution in [3.63, 3.8) is 0 Å². The van der Waals surface area contributed by atoms with E-state index < -0.39 is 5.97 Å². The molecule has 0 aliphatic heterocycles. The summed E-state index contributed by atoms with van der Waals surface area (Å²) in [7, 11) is 2.14. The van der Waals surface area contributed by atoms with Crippen molar-refractivity contribution in [3.05, 3.63) is 0 Å². The summed E-state index contributed by atoms with van der Waals surface area (Å²) in [5.74, 6) is 0.256. The van der Waals surface area contributed by atoms with Crippen LogP contribution in [-0.4, -0.2) is 35.6 Å². The van der Waals surface area contributed by atoms with Crippen LogP contribution in [0.5, 0.6) is 0 Å². The molecular formula is C13H25NO2. The maximum atomic E-state index is 10.4. The van der Waals surface area contributed by atoms with Crippen molar-refractivity contribution in [1.82, 2.24) is 4.90 Å². The number of aliphatic carboxylic acids is 1. The normalized spacial score (nSPS) is 25.9. The van der Waals surface area contributed by atoms with E-state index in [1.165, 1.54) is 32.1 Å². The first-order chi connectivity index (χ1) is 7.63. The molecule has 0 aromatic rings. The van der Waals surface area contributed by atoms with E-state index in [1.54, 1.807) is 0 Å². The van der Waals surface area contributed by atoms with E-state index in [0.29, 0.717) is 12.5 Å². The zero-order valence-electron chi connectivity index (χ0n) is 10.6. The van der Waals surface area contributed by atoms with Gasteiger partial charge in [-0.1, -0.05) is 13.3 Å². The predicted molar refractivity (Wildman–Crippen MR) is 65.5 cm³/mol. The fourth-order valence-electron chi connectivity index (χ4n) is 2.66. The Kier molecular flexibility index (Phi) is 5.81. The summed E-state index contributed by atoms with van der Waals surface area (Å²) in [5, 5.41) is 8.58. The molecule has 0 atom stereocenters. The van der Waals surface area contributed by atoms with E-state index in [0.717, 1.165) is 18.9 Å². The lowest BCUT2D eigenvalue weighted by molar-refractivity contribution is -0.137. The quantitative estimate of drug-likeness (QED) is 0.758. The van der Waals surface area contributed by atoms with Gasteiger partial charge < -0.3 is 10.0 Å². The highest BCUT2D eigenvalue weighted by Crippen LogP contribution is 2.28. The predicted octanol–water partition coefficient (Wildman–Crippen LogP) is 2.75. The van der Waals surface area contributed by atoms with Gasteiger partial charge in [0.1, 0.15) is 0 Å². The van der Waals surface area contributed by atoms with Gasteiger partial charge in [0, 0.05) is 12.5 Å². The first kappa shape index (κ1) is 13.5. The molecule has 0 unspecified atom stereocenters. The molecule has 3 nitrogen and oxygen atoms in total. The summed E-state index contributed by atoms with van der Waals surface area (Å²) >= 11 is 0. The van der Waals surface area contributed by atoms with Gasteiger partial charge in [-0.15, -0.1) is 0 Å². The lowest BCUT2D eigenvalue weighted by atomic mass is 9.84. The summed E-state index contributed by atoms with van der Waals surface area (Å²) in [4.78, 5) is 12.8. The summed E-state index contributed by atoms with van der Waals surface area (Å²) in [5.41, 5.74) is 0. The Morgan fingerprint density at radius 1 is 1.31 bits per heavy atom. The van der Waals surface area contributed by atoms with Crippen molar-refractivity contribution in [2.75, 3.05) is 13.6 Å². The molecule has 94 valence electrons. The van der Waals surface area contributed by atoms with Gasteiger partial charge in [-0.25, -0.2) is 0 Å². The van der Waals surface area contributed by atoms with Crippen molar-refractivity contribution in [3.8, 4) is 0 Å².